The third-order valence-electron chi connectivity index (χ3n) is 3.16. The second kappa shape index (κ2) is 5.08. The SMILES string of the molecule is Cc1cc(C(=O)O)c(C)n1CCCn1ccnc1. The number of carbonyl (C=O) groups is 1. The average molecular weight is 247 g/mol. The lowest BCUT2D eigenvalue weighted by Crippen LogP contribution is -2.07. The number of aromatic carboxylic acids is 1. The number of nitrogens with zero attached hydrogens (tertiary/aromatic N) is 3. The zero-order chi connectivity index (χ0) is 13.1. The van der Waals surface area contributed by atoms with E-state index in [-0.39, 0.29) is 0 Å². The molecule has 2 aromatic rings. The Hall–Kier alpha value is -2.04. The molecule has 0 saturated heterocycles. The average Bonchev–Trinajstić information content (AvgIpc) is 2.91. The van der Waals surface area contributed by atoms with E-state index in [1.54, 1.807) is 18.6 Å². The minimum Gasteiger partial charge on any atom is -0.478 e. The maximum atomic E-state index is 11.0. The Kier molecular flexibility index (Phi) is 3.50. The van der Waals surface area contributed by atoms with E-state index in [0.29, 0.717) is 5.56 Å². The molecule has 2 rings (SSSR count). The van der Waals surface area contributed by atoms with Crippen LogP contribution in [0, 0.1) is 13.8 Å². The van der Waals surface area contributed by atoms with Crippen molar-refractivity contribution in [2.24, 2.45) is 0 Å². The highest BCUT2D eigenvalue weighted by Crippen LogP contribution is 2.15. The molecule has 18 heavy (non-hydrogen) atoms. The zero-order valence-electron chi connectivity index (χ0n) is 10.6. The second-order valence-corrected chi connectivity index (χ2v) is 4.40. The Morgan fingerprint density at radius 2 is 2.17 bits per heavy atom. The van der Waals surface area contributed by atoms with Crippen molar-refractivity contribution >= 4 is 5.97 Å². The molecular formula is C13H17N3O2. The van der Waals surface area contributed by atoms with Crippen LogP contribution in [0.25, 0.3) is 0 Å². The van der Waals surface area contributed by atoms with Gasteiger partial charge in [0, 0.05) is 36.9 Å². The summed E-state index contributed by atoms with van der Waals surface area (Å²) in [4.78, 5) is 15.0. The van der Waals surface area contributed by atoms with Crippen molar-refractivity contribution in [3.8, 4) is 0 Å². The van der Waals surface area contributed by atoms with Crippen LogP contribution in [0.5, 0.6) is 0 Å². The number of hydrogen-bond acceptors (Lipinski definition) is 2. The molecule has 0 bridgehead atoms. The van der Waals surface area contributed by atoms with Crippen molar-refractivity contribution in [2.75, 3.05) is 0 Å². The summed E-state index contributed by atoms with van der Waals surface area (Å²) in [5.74, 6) is -0.857. The van der Waals surface area contributed by atoms with Gasteiger partial charge in [-0.25, -0.2) is 9.78 Å². The minimum absolute atomic E-state index is 0.398. The highest BCUT2D eigenvalue weighted by atomic mass is 16.4. The molecule has 0 radical (unpaired) electrons. The first-order valence-corrected chi connectivity index (χ1v) is 5.95. The van der Waals surface area contributed by atoms with Gasteiger partial charge >= 0.3 is 5.97 Å². The zero-order valence-corrected chi connectivity index (χ0v) is 10.6. The van der Waals surface area contributed by atoms with Gasteiger partial charge in [-0.05, 0) is 26.3 Å². The highest BCUT2D eigenvalue weighted by molar-refractivity contribution is 5.89. The summed E-state index contributed by atoms with van der Waals surface area (Å²) in [5.41, 5.74) is 2.22. The first-order valence-electron chi connectivity index (χ1n) is 5.95. The molecule has 0 unspecified atom stereocenters. The molecule has 1 N–H and O–H groups in total. The van der Waals surface area contributed by atoms with Gasteiger partial charge in [0.1, 0.15) is 0 Å². The van der Waals surface area contributed by atoms with Crippen LogP contribution in [0.1, 0.15) is 28.2 Å². The molecule has 2 aromatic heterocycles. The van der Waals surface area contributed by atoms with Crippen LogP contribution in [-0.4, -0.2) is 25.2 Å². The fourth-order valence-corrected chi connectivity index (χ4v) is 2.19. The number of rotatable bonds is 5. The van der Waals surface area contributed by atoms with Gasteiger partial charge in [-0.3, -0.25) is 0 Å². The van der Waals surface area contributed by atoms with Gasteiger partial charge in [0.15, 0.2) is 0 Å². The van der Waals surface area contributed by atoms with Crippen LogP contribution in [0.4, 0.5) is 0 Å². The van der Waals surface area contributed by atoms with Crippen molar-refractivity contribution < 1.29 is 9.90 Å². The first-order chi connectivity index (χ1) is 8.59. The summed E-state index contributed by atoms with van der Waals surface area (Å²) >= 11 is 0. The molecule has 0 aliphatic heterocycles. The molecule has 2 heterocycles. The molecule has 96 valence electrons. The normalized spacial score (nSPS) is 10.8. The first kappa shape index (κ1) is 12.4. The van der Waals surface area contributed by atoms with E-state index < -0.39 is 5.97 Å². The van der Waals surface area contributed by atoms with Gasteiger partial charge in [-0.1, -0.05) is 0 Å². The molecule has 0 atom stereocenters. The second-order valence-electron chi connectivity index (χ2n) is 4.40. The van der Waals surface area contributed by atoms with Crippen LogP contribution in [0.3, 0.4) is 0 Å². The van der Waals surface area contributed by atoms with Gasteiger partial charge in [0.05, 0.1) is 11.9 Å². The van der Waals surface area contributed by atoms with Crippen LogP contribution in [0.15, 0.2) is 24.8 Å². The molecule has 0 fully saturated rings. The Morgan fingerprint density at radius 1 is 1.39 bits per heavy atom. The molecular weight excluding hydrogens is 230 g/mol. The molecule has 0 spiro atoms. The van der Waals surface area contributed by atoms with Gasteiger partial charge in [0.25, 0.3) is 0 Å². The molecule has 0 aliphatic carbocycles. The van der Waals surface area contributed by atoms with Crippen LogP contribution < -0.4 is 0 Å². The fourth-order valence-electron chi connectivity index (χ4n) is 2.19. The van der Waals surface area contributed by atoms with E-state index in [0.717, 1.165) is 30.9 Å². The summed E-state index contributed by atoms with van der Waals surface area (Å²) in [6, 6.07) is 1.73. The summed E-state index contributed by atoms with van der Waals surface area (Å²) in [6.45, 7) is 5.51. The predicted molar refractivity (Wildman–Crippen MR) is 67.7 cm³/mol. The van der Waals surface area contributed by atoms with E-state index in [4.69, 9.17) is 5.11 Å². The highest BCUT2D eigenvalue weighted by Gasteiger charge is 2.13. The number of aryl methyl sites for hydroxylation is 2. The van der Waals surface area contributed by atoms with E-state index in [2.05, 4.69) is 9.55 Å². The Bertz CT molecular complexity index is 541. The molecule has 5 heteroatoms. The lowest BCUT2D eigenvalue weighted by molar-refractivity contribution is 0.0696. The third-order valence-corrected chi connectivity index (χ3v) is 3.16. The van der Waals surface area contributed by atoms with Gasteiger partial charge in [0.2, 0.25) is 0 Å². The van der Waals surface area contributed by atoms with Gasteiger partial charge in [-0.15, -0.1) is 0 Å². The maximum absolute atomic E-state index is 11.0. The van der Waals surface area contributed by atoms with Crippen LogP contribution in [-0.2, 0) is 13.1 Å². The quantitative estimate of drug-likeness (QED) is 0.880. The summed E-state index contributed by atoms with van der Waals surface area (Å²) in [5, 5.41) is 9.05. The van der Waals surface area contributed by atoms with E-state index >= 15 is 0 Å². The summed E-state index contributed by atoms with van der Waals surface area (Å²) < 4.78 is 4.08. The van der Waals surface area contributed by atoms with Crippen molar-refractivity contribution in [3.05, 3.63) is 41.7 Å². The van der Waals surface area contributed by atoms with E-state index in [1.807, 2.05) is 24.6 Å². The van der Waals surface area contributed by atoms with Crippen molar-refractivity contribution in [1.82, 2.24) is 14.1 Å². The fraction of sp³-hybridized carbons (Fsp3) is 0.385. The van der Waals surface area contributed by atoms with E-state index in [9.17, 15) is 4.79 Å². The number of hydrogen-bond donors (Lipinski definition) is 1. The lowest BCUT2D eigenvalue weighted by atomic mass is 10.2. The Balaban J connectivity index is 2.03. The maximum Gasteiger partial charge on any atom is 0.337 e. The van der Waals surface area contributed by atoms with Crippen molar-refractivity contribution in [1.29, 1.82) is 0 Å². The van der Waals surface area contributed by atoms with E-state index in [1.165, 1.54) is 0 Å². The Labute approximate surface area is 106 Å². The van der Waals surface area contributed by atoms with Crippen molar-refractivity contribution in [2.45, 2.75) is 33.4 Å². The molecule has 0 aromatic carbocycles. The topological polar surface area (TPSA) is 60.0 Å². The lowest BCUT2D eigenvalue weighted by Gasteiger charge is -2.09. The van der Waals surface area contributed by atoms with Crippen LogP contribution >= 0.6 is 0 Å². The Morgan fingerprint density at radius 3 is 2.72 bits per heavy atom. The minimum atomic E-state index is -0.857. The third kappa shape index (κ3) is 2.45. The number of aromatic nitrogens is 3. The largest absolute Gasteiger partial charge is 0.478 e. The number of carboxylic acids is 1. The number of imidazole rings is 1. The molecule has 0 aliphatic rings. The van der Waals surface area contributed by atoms with Crippen molar-refractivity contribution in [3.63, 3.8) is 0 Å². The monoisotopic (exact) mass is 247 g/mol. The predicted octanol–water partition coefficient (Wildman–Crippen LogP) is 2.09. The van der Waals surface area contributed by atoms with Crippen LogP contribution in [0.2, 0.25) is 0 Å². The molecule has 5 nitrogen and oxygen atoms in total. The molecule has 0 amide bonds. The van der Waals surface area contributed by atoms with Gasteiger partial charge in [-0.2, -0.15) is 0 Å². The standard InChI is InChI=1S/C13H17N3O2/c1-10-8-12(13(17)18)11(2)16(10)6-3-5-15-7-4-14-9-15/h4,7-9H,3,5-6H2,1-2H3,(H,17,18). The summed E-state index contributed by atoms with van der Waals surface area (Å²) in [6.07, 6.45) is 6.43. The number of carboxylic acid groups (broad SMARTS) is 1. The summed E-state index contributed by atoms with van der Waals surface area (Å²) in [7, 11) is 0. The van der Waals surface area contributed by atoms with Gasteiger partial charge < -0.3 is 14.2 Å². The smallest absolute Gasteiger partial charge is 0.337 e. The molecule has 0 saturated carbocycles.